The molecule has 1 N–H and O–H groups in total. The second kappa shape index (κ2) is 4.75. The Morgan fingerprint density at radius 2 is 1.87 bits per heavy atom. The Morgan fingerprint density at radius 1 is 1.20 bits per heavy atom. The van der Waals surface area contributed by atoms with Crippen LogP contribution < -0.4 is 5.32 Å². The van der Waals surface area contributed by atoms with E-state index in [4.69, 9.17) is 0 Å². The third kappa shape index (κ3) is 3.03. The van der Waals surface area contributed by atoms with Crippen LogP contribution in [0.5, 0.6) is 0 Å². The maximum Gasteiger partial charge on any atom is 0.0271 e. The van der Waals surface area contributed by atoms with Gasteiger partial charge < -0.3 is 5.32 Å². The fraction of sp³-hybridized carbons (Fsp3) is 0.615. The number of rotatable bonds is 3. The molecule has 1 aromatic heterocycles. The highest BCUT2D eigenvalue weighted by Crippen LogP contribution is 2.27. The van der Waals surface area contributed by atoms with Crippen molar-refractivity contribution in [2.75, 3.05) is 0 Å². The molecule has 0 spiro atoms. The van der Waals surface area contributed by atoms with Gasteiger partial charge in [0.15, 0.2) is 0 Å². The number of pyridine rings is 1. The SMILES string of the molecule is CC1(NCc2ccncc2)CCCCC1. The highest BCUT2D eigenvalue weighted by Gasteiger charge is 2.25. The monoisotopic (exact) mass is 204 g/mol. The molecule has 0 aromatic carbocycles. The molecule has 1 heterocycles. The van der Waals surface area contributed by atoms with Gasteiger partial charge in [-0.05, 0) is 37.5 Å². The Morgan fingerprint density at radius 3 is 2.53 bits per heavy atom. The molecule has 15 heavy (non-hydrogen) atoms. The van der Waals surface area contributed by atoms with E-state index in [-0.39, 0.29) is 0 Å². The summed E-state index contributed by atoms with van der Waals surface area (Å²) in [5.74, 6) is 0. The summed E-state index contributed by atoms with van der Waals surface area (Å²) in [6, 6.07) is 4.17. The van der Waals surface area contributed by atoms with Crippen LogP contribution in [0.15, 0.2) is 24.5 Å². The Bertz CT molecular complexity index is 289. The first kappa shape index (κ1) is 10.6. The highest BCUT2D eigenvalue weighted by molar-refractivity contribution is 5.09. The van der Waals surface area contributed by atoms with Gasteiger partial charge in [0.1, 0.15) is 0 Å². The Hall–Kier alpha value is -0.890. The maximum absolute atomic E-state index is 4.03. The molecule has 0 aliphatic heterocycles. The first-order chi connectivity index (χ1) is 7.29. The van der Waals surface area contributed by atoms with Crippen molar-refractivity contribution in [2.45, 2.75) is 51.1 Å². The number of hydrogen-bond acceptors (Lipinski definition) is 2. The van der Waals surface area contributed by atoms with E-state index in [1.54, 1.807) is 0 Å². The van der Waals surface area contributed by atoms with Gasteiger partial charge in [-0.25, -0.2) is 0 Å². The zero-order valence-electron chi connectivity index (χ0n) is 9.50. The predicted molar refractivity (Wildman–Crippen MR) is 62.6 cm³/mol. The van der Waals surface area contributed by atoms with Gasteiger partial charge in [-0.15, -0.1) is 0 Å². The smallest absolute Gasteiger partial charge is 0.0271 e. The minimum absolute atomic E-state index is 0.363. The van der Waals surface area contributed by atoms with Gasteiger partial charge in [0, 0.05) is 24.5 Å². The minimum Gasteiger partial charge on any atom is -0.307 e. The Balaban J connectivity index is 1.87. The van der Waals surface area contributed by atoms with Gasteiger partial charge in [-0.2, -0.15) is 0 Å². The number of hydrogen-bond donors (Lipinski definition) is 1. The van der Waals surface area contributed by atoms with Crippen LogP contribution in [0.4, 0.5) is 0 Å². The second-order valence-electron chi connectivity index (χ2n) is 4.83. The summed E-state index contributed by atoms with van der Waals surface area (Å²) < 4.78 is 0. The molecule has 0 unspecified atom stereocenters. The third-order valence-corrected chi connectivity index (χ3v) is 3.43. The summed E-state index contributed by atoms with van der Waals surface area (Å²) in [7, 11) is 0. The standard InChI is InChI=1S/C13H20N2/c1-13(7-3-2-4-8-13)15-11-12-5-9-14-10-6-12/h5-6,9-10,15H,2-4,7-8,11H2,1H3. The fourth-order valence-electron chi connectivity index (χ4n) is 2.32. The number of nitrogens with zero attached hydrogens (tertiary/aromatic N) is 1. The first-order valence-corrected chi connectivity index (χ1v) is 5.92. The molecular formula is C13H20N2. The topological polar surface area (TPSA) is 24.9 Å². The lowest BCUT2D eigenvalue weighted by Crippen LogP contribution is -2.43. The van der Waals surface area contributed by atoms with E-state index < -0.39 is 0 Å². The lowest BCUT2D eigenvalue weighted by Gasteiger charge is -2.34. The molecule has 1 aromatic rings. The maximum atomic E-state index is 4.03. The van der Waals surface area contributed by atoms with Crippen LogP contribution >= 0.6 is 0 Å². The Kier molecular flexibility index (Phi) is 3.37. The van der Waals surface area contributed by atoms with Gasteiger partial charge in [-0.1, -0.05) is 19.3 Å². The molecule has 2 nitrogen and oxygen atoms in total. The van der Waals surface area contributed by atoms with Crippen molar-refractivity contribution in [3.05, 3.63) is 30.1 Å². The Labute approximate surface area is 92.1 Å². The van der Waals surface area contributed by atoms with Crippen LogP contribution in [0, 0.1) is 0 Å². The molecule has 82 valence electrons. The van der Waals surface area contributed by atoms with Gasteiger partial charge in [0.05, 0.1) is 0 Å². The minimum atomic E-state index is 0.363. The van der Waals surface area contributed by atoms with Crippen molar-refractivity contribution in [2.24, 2.45) is 0 Å². The van der Waals surface area contributed by atoms with Crippen molar-refractivity contribution in [3.8, 4) is 0 Å². The van der Waals surface area contributed by atoms with Crippen molar-refractivity contribution in [1.82, 2.24) is 10.3 Å². The molecule has 1 aliphatic rings. The summed E-state index contributed by atoms with van der Waals surface area (Å²) in [6.07, 6.45) is 10.5. The second-order valence-corrected chi connectivity index (χ2v) is 4.83. The van der Waals surface area contributed by atoms with E-state index in [0.717, 1.165) is 6.54 Å². The van der Waals surface area contributed by atoms with Crippen LogP contribution in [0.1, 0.15) is 44.6 Å². The third-order valence-electron chi connectivity index (χ3n) is 3.43. The fourth-order valence-corrected chi connectivity index (χ4v) is 2.32. The number of aromatic nitrogens is 1. The molecule has 1 aliphatic carbocycles. The summed E-state index contributed by atoms with van der Waals surface area (Å²) >= 11 is 0. The zero-order valence-corrected chi connectivity index (χ0v) is 9.50. The molecule has 2 heteroatoms. The van der Waals surface area contributed by atoms with Crippen LogP contribution in [0.3, 0.4) is 0 Å². The van der Waals surface area contributed by atoms with Gasteiger partial charge in [-0.3, -0.25) is 4.98 Å². The van der Waals surface area contributed by atoms with E-state index in [1.807, 2.05) is 12.4 Å². The number of nitrogens with one attached hydrogen (secondary N) is 1. The first-order valence-electron chi connectivity index (χ1n) is 5.92. The van der Waals surface area contributed by atoms with E-state index in [2.05, 4.69) is 29.4 Å². The van der Waals surface area contributed by atoms with Gasteiger partial charge >= 0.3 is 0 Å². The van der Waals surface area contributed by atoms with Crippen molar-refractivity contribution in [3.63, 3.8) is 0 Å². The van der Waals surface area contributed by atoms with Crippen LogP contribution in [0.2, 0.25) is 0 Å². The average molecular weight is 204 g/mol. The van der Waals surface area contributed by atoms with Gasteiger partial charge in [0.25, 0.3) is 0 Å². The lowest BCUT2D eigenvalue weighted by atomic mass is 9.83. The normalized spacial score (nSPS) is 20.1. The zero-order chi connectivity index (χ0) is 10.6. The summed E-state index contributed by atoms with van der Waals surface area (Å²) in [5.41, 5.74) is 1.69. The molecule has 0 bridgehead atoms. The van der Waals surface area contributed by atoms with Crippen molar-refractivity contribution in [1.29, 1.82) is 0 Å². The van der Waals surface area contributed by atoms with Crippen LogP contribution in [-0.2, 0) is 6.54 Å². The molecule has 2 rings (SSSR count). The summed E-state index contributed by atoms with van der Waals surface area (Å²) in [4.78, 5) is 4.03. The average Bonchev–Trinajstić information content (AvgIpc) is 2.29. The summed E-state index contributed by atoms with van der Waals surface area (Å²) in [5, 5.41) is 3.69. The molecule has 1 saturated carbocycles. The molecule has 0 amide bonds. The van der Waals surface area contributed by atoms with E-state index in [9.17, 15) is 0 Å². The molecule has 1 fully saturated rings. The predicted octanol–water partition coefficient (Wildman–Crippen LogP) is 2.89. The largest absolute Gasteiger partial charge is 0.307 e. The molecule has 0 saturated heterocycles. The summed E-state index contributed by atoms with van der Waals surface area (Å²) in [6.45, 7) is 3.33. The van der Waals surface area contributed by atoms with Gasteiger partial charge in [0.2, 0.25) is 0 Å². The molecule has 0 atom stereocenters. The van der Waals surface area contributed by atoms with Crippen LogP contribution in [0.25, 0.3) is 0 Å². The van der Waals surface area contributed by atoms with Crippen molar-refractivity contribution >= 4 is 0 Å². The van der Waals surface area contributed by atoms with Crippen molar-refractivity contribution < 1.29 is 0 Å². The lowest BCUT2D eigenvalue weighted by molar-refractivity contribution is 0.252. The molecular weight excluding hydrogens is 184 g/mol. The van der Waals surface area contributed by atoms with Crippen LogP contribution in [-0.4, -0.2) is 10.5 Å². The molecule has 0 radical (unpaired) electrons. The van der Waals surface area contributed by atoms with E-state index in [1.165, 1.54) is 37.7 Å². The van der Waals surface area contributed by atoms with E-state index in [0.29, 0.717) is 5.54 Å². The van der Waals surface area contributed by atoms with E-state index >= 15 is 0 Å². The quantitative estimate of drug-likeness (QED) is 0.819. The highest BCUT2D eigenvalue weighted by atomic mass is 15.0.